The van der Waals surface area contributed by atoms with Gasteiger partial charge in [0.25, 0.3) is 0 Å². The predicted octanol–water partition coefficient (Wildman–Crippen LogP) is 6.37. The molecule has 0 radical (unpaired) electrons. The number of halogens is 4. The molecular formula is C23H20Cl4N2O3S. The van der Waals surface area contributed by atoms with Crippen molar-refractivity contribution < 1.29 is 13.2 Å². The molecule has 33 heavy (non-hydrogen) atoms. The summed E-state index contributed by atoms with van der Waals surface area (Å²) in [4.78, 5) is 12.9. The van der Waals surface area contributed by atoms with Crippen molar-refractivity contribution in [3.05, 3.63) is 97.9 Å². The van der Waals surface area contributed by atoms with Gasteiger partial charge in [0.1, 0.15) is 0 Å². The molecule has 3 rings (SSSR count). The Hall–Kier alpha value is -1.80. The summed E-state index contributed by atoms with van der Waals surface area (Å²) in [5, 5.41) is 4.45. The summed E-state index contributed by atoms with van der Waals surface area (Å²) < 4.78 is 27.8. The lowest BCUT2D eigenvalue weighted by molar-refractivity contribution is -0.122. The number of benzene rings is 3. The van der Waals surface area contributed by atoms with Crippen LogP contribution in [0.5, 0.6) is 0 Å². The van der Waals surface area contributed by atoms with E-state index in [1.807, 2.05) is 0 Å². The molecule has 3 aromatic rings. The molecule has 0 aliphatic carbocycles. The van der Waals surface area contributed by atoms with Crippen molar-refractivity contribution in [2.75, 3.05) is 6.54 Å². The predicted molar refractivity (Wildman–Crippen MR) is 134 cm³/mol. The van der Waals surface area contributed by atoms with E-state index >= 15 is 0 Å². The van der Waals surface area contributed by atoms with Crippen molar-refractivity contribution >= 4 is 62.3 Å². The highest BCUT2D eigenvalue weighted by molar-refractivity contribution is 7.89. The molecule has 5 nitrogen and oxygen atoms in total. The SMILES string of the molecule is CC(NC(=O)CN(Cc1ccc(Cl)c(Cl)c1)S(=O)(=O)c1ccc(Cl)cc1)c1ccc(Cl)cc1. The Morgan fingerprint density at radius 1 is 0.879 bits per heavy atom. The Bertz CT molecular complexity index is 1230. The minimum absolute atomic E-state index is 0.0190. The number of nitrogens with one attached hydrogen (secondary N) is 1. The number of amides is 1. The van der Waals surface area contributed by atoms with E-state index < -0.39 is 22.5 Å². The van der Waals surface area contributed by atoms with Crippen molar-refractivity contribution in [3.8, 4) is 0 Å². The molecule has 3 aromatic carbocycles. The molecule has 0 aromatic heterocycles. The van der Waals surface area contributed by atoms with E-state index in [9.17, 15) is 13.2 Å². The fourth-order valence-electron chi connectivity index (χ4n) is 3.11. The van der Waals surface area contributed by atoms with Crippen LogP contribution >= 0.6 is 46.4 Å². The van der Waals surface area contributed by atoms with Crippen molar-refractivity contribution in [2.45, 2.75) is 24.4 Å². The summed E-state index contributed by atoms with van der Waals surface area (Å²) in [5.41, 5.74) is 1.42. The minimum atomic E-state index is -4.02. The van der Waals surface area contributed by atoms with E-state index in [0.717, 1.165) is 9.87 Å². The smallest absolute Gasteiger partial charge is 0.243 e. The number of carbonyl (C=O) groups is 1. The molecular weight excluding hydrogens is 526 g/mol. The van der Waals surface area contributed by atoms with Crippen molar-refractivity contribution in [1.82, 2.24) is 9.62 Å². The second-order valence-corrected chi connectivity index (χ2v) is 10.9. The summed E-state index contributed by atoms with van der Waals surface area (Å²) in [6.45, 7) is 1.33. The molecule has 1 atom stereocenters. The highest BCUT2D eigenvalue weighted by Gasteiger charge is 2.27. The number of nitrogens with zero attached hydrogens (tertiary/aromatic N) is 1. The first-order valence-electron chi connectivity index (χ1n) is 9.81. The number of carbonyl (C=O) groups excluding carboxylic acids is 1. The fourth-order valence-corrected chi connectivity index (χ4v) is 5.06. The molecule has 0 saturated carbocycles. The van der Waals surface area contributed by atoms with Gasteiger partial charge in [-0.25, -0.2) is 8.42 Å². The van der Waals surface area contributed by atoms with Crippen LogP contribution in [-0.2, 0) is 21.4 Å². The van der Waals surface area contributed by atoms with Crippen molar-refractivity contribution in [3.63, 3.8) is 0 Å². The van der Waals surface area contributed by atoms with Crippen LogP contribution in [0.15, 0.2) is 71.6 Å². The van der Waals surface area contributed by atoms with Crippen LogP contribution in [-0.4, -0.2) is 25.2 Å². The Balaban J connectivity index is 1.85. The highest BCUT2D eigenvalue weighted by atomic mass is 35.5. The number of hydrogen-bond acceptors (Lipinski definition) is 3. The van der Waals surface area contributed by atoms with Gasteiger partial charge in [-0.3, -0.25) is 4.79 Å². The van der Waals surface area contributed by atoms with Gasteiger partial charge in [0, 0.05) is 16.6 Å². The van der Waals surface area contributed by atoms with Crippen LogP contribution in [0.2, 0.25) is 20.1 Å². The Morgan fingerprint density at radius 2 is 1.45 bits per heavy atom. The van der Waals surface area contributed by atoms with Gasteiger partial charge in [-0.15, -0.1) is 0 Å². The summed E-state index contributed by atoms with van der Waals surface area (Å²) >= 11 is 23.9. The van der Waals surface area contributed by atoms with Crippen LogP contribution in [0, 0.1) is 0 Å². The van der Waals surface area contributed by atoms with E-state index in [2.05, 4.69) is 5.32 Å². The molecule has 0 aliphatic rings. The van der Waals surface area contributed by atoms with Gasteiger partial charge >= 0.3 is 0 Å². The van der Waals surface area contributed by atoms with E-state index in [-0.39, 0.29) is 17.5 Å². The van der Waals surface area contributed by atoms with Gasteiger partial charge in [-0.2, -0.15) is 4.31 Å². The molecule has 1 amide bonds. The third-order valence-corrected chi connectivity index (χ3v) is 7.91. The number of rotatable bonds is 8. The minimum Gasteiger partial charge on any atom is -0.348 e. The molecule has 0 aliphatic heterocycles. The second kappa shape index (κ2) is 11.1. The van der Waals surface area contributed by atoms with Crippen molar-refractivity contribution in [1.29, 1.82) is 0 Å². The molecule has 10 heteroatoms. The van der Waals surface area contributed by atoms with E-state index in [0.29, 0.717) is 25.7 Å². The summed E-state index contributed by atoms with van der Waals surface area (Å²) in [6, 6.07) is 17.3. The molecule has 0 spiro atoms. The Labute approximate surface area is 213 Å². The van der Waals surface area contributed by atoms with Crippen molar-refractivity contribution in [2.24, 2.45) is 0 Å². The van der Waals surface area contributed by atoms with Gasteiger partial charge in [0.15, 0.2) is 0 Å². The molecule has 0 saturated heterocycles. The first kappa shape index (κ1) is 25.8. The standard InChI is InChI=1S/C23H20Cl4N2O3S/c1-15(17-3-5-18(24)6-4-17)28-23(30)14-29(13-16-2-11-21(26)22(27)12-16)33(31,32)20-9-7-19(25)8-10-20/h2-12,15H,13-14H2,1H3,(H,28,30). The Morgan fingerprint density at radius 3 is 2.03 bits per heavy atom. The molecule has 0 heterocycles. The number of hydrogen-bond donors (Lipinski definition) is 1. The first-order valence-corrected chi connectivity index (χ1v) is 12.8. The first-order chi connectivity index (χ1) is 15.6. The topological polar surface area (TPSA) is 66.5 Å². The van der Waals surface area contributed by atoms with E-state index in [4.69, 9.17) is 46.4 Å². The molecule has 1 unspecified atom stereocenters. The lowest BCUT2D eigenvalue weighted by Gasteiger charge is -2.23. The maximum atomic E-state index is 13.4. The number of sulfonamides is 1. The normalized spacial score (nSPS) is 12.5. The summed E-state index contributed by atoms with van der Waals surface area (Å²) in [7, 11) is -4.02. The zero-order chi connectivity index (χ0) is 24.2. The van der Waals surface area contributed by atoms with E-state index in [1.165, 1.54) is 24.3 Å². The quantitative estimate of drug-likeness (QED) is 0.357. The summed E-state index contributed by atoms with van der Waals surface area (Å²) in [5.74, 6) is -0.463. The largest absolute Gasteiger partial charge is 0.348 e. The van der Waals surface area contributed by atoms with Gasteiger partial charge in [-0.05, 0) is 66.6 Å². The third-order valence-electron chi connectivity index (χ3n) is 4.86. The third kappa shape index (κ3) is 6.85. The zero-order valence-electron chi connectivity index (χ0n) is 17.4. The van der Waals surface area contributed by atoms with Crippen LogP contribution in [0.4, 0.5) is 0 Å². The highest BCUT2D eigenvalue weighted by Crippen LogP contribution is 2.26. The molecule has 174 valence electrons. The van der Waals surface area contributed by atoms with E-state index in [1.54, 1.807) is 49.4 Å². The van der Waals surface area contributed by atoms with Gasteiger partial charge in [0.2, 0.25) is 15.9 Å². The Kier molecular flexibility index (Phi) is 8.67. The van der Waals surface area contributed by atoms with Gasteiger partial charge < -0.3 is 5.32 Å². The maximum Gasteiger partial charge on any atom is 0.243 e. The van der Waals surface area contributed by atoms with Gasteiger partial charge in [-0.1, -0.05) is 64.6 Å². The molecule has 0 fully saturated rings. The van der Waals surface area contributed by atoms with Crippen LogP contribution in [0.3, 0.4) is 0 Å². The van der Waals surface area contributed by atoms with Crippen LogP contribution in [0.1, 0.15) is 24.1 Å². The molecule has 0 bridgehead atoms. The lowest BCUT2D eigenvalue weighted by Crippen LogP contribution is -2.41. The maximum absolute atomic E-state index is 13.4. The molecule has 1 N–H and O–H groups in total. The van der Waals surface area contributed by atoms with Crippen LogP contribution < -0.4 is 5.32 Å². The van der Waals surface area contributed by atoms with Gasteiger partial charge in [0.05, 0.1) is 27.5 Å². The fraction of sp³-hybridized carbons (Fsp3) is 0.174. The van der Waals surface area contributed by atoms with Crippen LogP contribution in [0.25, 0.3) is 0 Å². The summed E-state index contributed by atoms with van der Waals surface area (Å²) in [6.07, 6.45) is 0. The average molecular weight is 546 g/mol. The second-order valence-electron chi connectivity index (χ2n) is 7.32. The zero-order valence-corrected chi connectivity index (χ0v) is 21.3. The average Bonchev–Trinajstić information content (AvgIpc) is 2.76. The monoisotopic (exact) mass is 544 g/mol. The lowest BCUT2D eigenvalue weighted by atomic mass is 10.1.